The number of phenolic OH excluding ortho intramolecular Hbond substituents is 1. The molecule has 1 aromatic carbocycles. The van der Waals surface area contributed by atoms with E-state index in [2.05, 4.69) is 4.72 Å². The highest BCUT2D eigenvalue weighted by Crippen LogP contribution is 2.29. The summed E-state index contributed by atoms with van der Waals surface area (Å²) < 4.78 is 39.5. The van der Waals surface area contributed by atoms with E-state index in [0.717, 1.165) is 40.8 Å². The third-order valence-corrected chi connectivity index (χ3v) is 5.54. The molecule has 0 unspecified atom stereocenters. The molecule has 1 aromatic heterocycles. The molecule has 0 radical (unpaired) electrons. The van der Waals surface area contributed by atoms with Crippen molar-refractivity contribution in [3.63, 3.8) is 0 Å². The predicted molar refractivity (Wildman–Crippen MR) is 72.6 cm³/mol. The molecule has 102 valence electrons. The molecule has 2 aromatic rings. The van der Waals surface area contributed by atoms with Crippen LogP contribution in [0.25, 0.3) is 0 Å². The van der Waals surface area contributed by atoms with Crippen LogP contribution >= 0.6 is 11.3 Å². The van der Waals surface area contributed by atoms with Gasteiger partial charge in [-0.3, -0.25) is 4.72 Å². The third kappa shape index (κ3) is 3.05. The van der Waals surface area contributed by atoms with Crippen LogP contribution in [0.15, 0.2) is 34.5 Å². The zero-order valence-corrected chi connectivity index (χ0v) is 11.7. The fourth-order valence-corrected chi connectivity index (χ4v) is 3.84. The Labute approximate surface area is 114 Å². The Morgan fingerprint density at radius 2 is 2.05 bits per heavy atom. The van der Waals surface area contributed by atoms with Crippen molar-refractivity contribution < 1.29 is 17.9 Å². The maximum Gasteiger partial charge on any atom is 0.271 e. The van der Waals surface area contributed by atoms with E-state index in [1.807, 2.05) is 6.92 Å². The molecule has 0 atom stereocenters. The van der Waals surface area contributed by atoms with Gasteiger partial charge in [-0.05, 0) is 30.7 Å². The van der Waals surface area contributed by atoms with E-state index in [9.17, 15) is 17.9 Å². The number of nitrogens with one attached hydrogen (secondary N) is 1. The average molecular weight is 301 g/mol. The number of halogens is 1. The number of aryl methyl sites for hydroxylation is 1. The monoisotopic (exact) mass is 301 g/mol. The number of hydrogen-bond acceptors (Lipinski definition) is 4. The lowest BCUT2D eigenvalue weighted by Crippen LogP contribution is -2.11. The Morgan fingerprint density at radius 1 is 1.32 bits per heavy atom. The Bertz CT molecular complexity index is 695. The van der Waals surface area contributed by atoms with Crippen molar-refractivity contribution in [1.82, 2.24) is 0 Å². The maximum absolute atomic E-state index is 13.0. The molecular formula is C12H12FNO3S2. The predicted octanol–water partition coefficient (Wildman–Crippen LogP) is 2.96. The van der Waals surface area contributed by atoms with Gasteiger partial charge in [-0.1, -0.05) is 6.92 Å². The number of thiophene rings is 1. The van der Waals surface area contributed by atoms with Crippen molar-refractivity contribution in [2.24, 2.45) is 0 Å². The second-order valence-electron chi connectivity index (χ2n) is 3.84. The summed E-state index contributed by atoms with van der Waals surface area (Å²) in [5, 5.41) is 9.51. The van der Waals surface area contributed by atoms with Crippen molar-refractivity contribution in [2.75, 3.05) is 4.72 Å². The number of hydrogen-bond donors (Lipinski definition) is 2. The van der Waals surface area contributed by atoms with Crippen LogP contribution in [-0.2, 0) is 16.4 Å². The first-order valence-corrected chi connectivity index (χ1v) is 7.82. The van der Waals surface area contributed by atoms with Crippen molar-refractivity contribution in [3.8, 4) is 5.75 Å². The fourth-order valence-electron chi connectivity index (χ4n) is 1.48. The maximum atomic E-state index is 13.0. The molecule has 2 N–H and O–H groups in total. The summed E-state index contributed by atoms with van der Waals surface area (Å²) in [5.41, 5.74) is -0.175. The Morgan fingerprint density at radius 3 is 2.68 bits per heavy atom. The van der Waals surface area contributed by atoms with E-state index in [0.29, 0.717) is 0 Å². The molecule has 0 aliphatic heterocycles. The van der Waals surface area contributed by atoms with Crippen molar-refractivity contribution >= 4 is 27.0 Å². The summed E-state index contributed by atoms with van der Waals surface area (Å²) in [7, 11) is -3.80. The second kappa shape index (κ2) is 5.18. The van der Waals surface area contributed by atoms with Gasteiger partial charge in [0.05, 0.1) is 5.69 Å². The van der Waals surface area contributed by atoms with Crippen LogP contribution in [-0.4, -0.2) is 13.5 Å². The highest BCUT2D eigenvalue weighted by atomic mass is 32.2. The second-order valence-corrected chi connectivity index (χ2v) is 6.92. The third-order valence-electron chi connectivity index (χ3n) is 2.45. The molecule has 0 amide bonds. The molecule has 0 aliphatic carbocycles. The molecule has 0 spiro atoms. The molecule has 1 heterocycles. The molecule has 7 heteroatoms. The minimum atomic E-state index is -3.80. The van der Waals surface area contributed by atoms with E-state index in [-0.39, 0.29) is 15.6 Å². The van der Waals surface area contributed by atoms with Gasteiger partial charge in [0.2, 0.25) is 0 Å². The first-order chi connectivity index (χ1) is 8.92. The number of anilines is 1. The van der Waals surface area contributed by atoms with Crippen LogP contribution < -0.4 is 4.72 Å². The fraction of sp³-hybridized carbons (Fsp3) is 0.167. The lowest BCUT2D eigenvalue weighted by Gasteiger charge is -2.08. The molecular weight excluding hydrogens is 289 g/mol. The molecule has 0 saturated heterocycles. The molecule has 0 aliphatic rings. The summed E-state index contributed by atoms with van der Waals surface area (Å²) in [6.07, 6.45) is 0.741. The van der Waals surface area contributed by atoms with Gasteiger partial charge in [0, 0.05) is 10.9 Å². The molecule has 4 nitrogen and oxygen atoms in total. The lowest BCUT2D eigenvalue weighted by atomic mass is 10.3. The van der Waals surface area contributed by atoms with Gasteiger partial charge < -0.3 is 5.11 Å². The van der Waals surface area contributed by atoms with Crippen molar-refractivity contribution in [1.29, 1.82) is 0 Å². The van der Waals surface area contributed by atoms with Gasteiger partial charge in [-0.15, -0.1) is 11.3 Å². The summed E-state index contributed by atoms with van der Waals surface area (Å²) in [4.78, 5) is 0.934. The molecule has 0 saturated carbocycles. The number of sulfonamides is 1. The van der Waals surface area contributed by atoms with Crippen LogP contribution in [0.5, 0.6) is 5.75 Å². The zero-order valence-electron chi connectivity index (χ0n) is 10.1. The zero-order chi connectivity index (χ0) is 14.0. The number of phenols is 1. The summed E-state index contributed by atoms with van der Waals surface area (Å²) in [5.74, 6) is -0.951. The van der Waals surface area contributed by atoms with Gasteiger partial charge in [0.25, 0.3) is 10.0 Å². The summed E-state index contributed by atoms with van der Waals surface area (Å²) in [6.45, 7) is 1.92. The Kier molecular flexibility index (Phi) is 3.77. The number of aromatic hydroxyl groups is 1. The van der Waals surface area contributed by atoms with Crippen LogP contribution in [0.3, 0.4) is 0 Å². The van der Waals surface area contributed by atoms with Gasteiger partial charge in [0.15, 0.2) is 0 Å². The van der Waals surface area contributed by atoms with Crippen LogP contribution in [0, 0.1) is 5.82 Å². The van der Waals surface area contributed by atoms with E-state index in [1.54, 1.807) is 6.07 Å². The summed E-state index contributed by atoms with van der Waals surface area (Å²) >= 11 is 1.14. The van der Waals surface area contributed by atoms with E-state index in [4.69, 9.17) is 0 Å². The van der Waals surface area contributed by atoms with Crippen LogP contribution in [0.1, 0.15) is 11.8 Å². The minimum absolute atomic E-state index is 0.132. The SMILES string of the molecule is CCc1ccc(S(=O)(=O)Nc2cc(F)ccc2O)s1. The van der Waals surface area contributed by atoms with Crippen LogP contribution in [0.4, 0.5) is 10.1 Å². The van der Waals surface area contributed by atoms with E-state index in [1.165, 1.54) is 6.07 Å². The Balaban J connectivity index is 2.33. The molecule has 0 bridgehead atoms. The topological polar surface area (TPSA) is 66.4 Å². The van der Waals surface area contributed by atoms with Gasteiger partial charge >= 0.3 is 0 Å². The molecule has 19 heavy (non-hydrogen) atoms. The highest BCUT2D eigenvalue weighted by Gasteiger charge is 2.18. The van der Waals surface area contributed by atoms with Gasteiger partial charge in [0.1, 0.15) is 15.8 Å². The highest BCUT2D eigenvalue weighted by molar-refractivity contribution is 7.94. The first-order valence-electron chi connectivity index (χ1n) is 5.52. The summed E-state index contributed by atoms with van der Waals surface area (Å²) in [6, 6.07) is 6.29. The minimum Gasteiger partial charge on any atom is -0.506 e. The number of benzene rings is 1. The number of rotatable bonds is 4. The van der Waals surface area contributed by atoms with Crippen molar-refractivity contribution in [2.45, 2.75) is 17.6 Å². The largest absolute Gasteiger partial charge is 0.506 e. The quantitative estimate of drug-likeness (QED) is 0.853. The van der Waals surface area contributed by atoms with E-state index >= 15 is 0 Å². The first kappa shape index (κ1) is 13.8. The Hall–Kier alpha value is -1.60. The normalized spacial score (nSPS) is 11.5. The van der Waals surface area contributed by atoms with E-state index < -0.39 is 15.8 Å². The average Bonchev–Trinajstić information content (AvgIpc) is 2.83. The molecule has 0 fully saturated rings. The van der Waals surface area contributed by atoms with Crippen molar-refractivity contribution in [3.05, 3.63) is 41.0 Å². The lowest BCUT2D eigenvalue weighted by molar-refractivity contribution is 0.475. The standard InChI is InChI=1S/C12H12FNO3S2/c1-2-9-4-6-12(18-9)19(16,17)14-10-7-8(13)3-5-11(10)15/h3-7,14-15H,2H2,1H3. The smallest absolute Gasteiger partial charge is 0.271 e. The van der Waals surface area contributed by atoms with Crippen LogP contribution in [0.2, 0.25) is 0 Å². The van der Waals surface area contributed by atoms with Gasteiger partial charge in [-0.2, -0.15) is 0 Å². The molecule has 2 rings (SSSR count). The van der Waals surface area contributed by atoms with Gasteiger partial charge in [-0.25, -0.2) is 12.8 Å².